The maximum absolute atomic E-state index is 14.7. The van der Waals surface area contributed by atoms with E-state index in [9.17, 15) is 19.6 Å². The number of piperidine rings is 1. The number of aromatic nitrogens is 5. The summed E-state index contributed by atoms with van der Waals surface area (Å²) >= 11 is 13.2. The van der Waals surface area contributed by atoms with E-state index in [1.807, 2.05) is 17.0 Å². The topological polar surface area (TPSA) is 136 Å². The van der Waals surface area contributed by atoms with Gasteiger partial charge in [0, 0.05) is 43.0 Å². The predicted octanol–water partition coefficient (Wildman–Crippen LogP) is 5.59. The van der Waals surface area contributed by atoms with Crippen LogP contribution in [0.25, 0.3) is 33.1 Å². The fraction of sp³-hybridized carbons (Fsp3) is 0.222. The fourth-order valence-corrected chi connectivity index (χ4v) is 6.11. The molecule has 3 aromatic heterocycles. The maximum atomic E-state index is 14.7. The zero-order chi connectivity index (χ0) is 28.2. The molecular weight excluding hydrogens is 558 g/mol. The molecule has 40 heavy (non-hydrogen) atoms. The van der Waals surface area contributed by atoms with Gasteiger partial charge < -0.3 is 20.3 Å². The van der Waals surface area contributed by atoms with Gasteiger partial charge in [0.2, 0.25) is 5.95 Å². The fourth-order valence-electron chi connectivity index (χ4n) is 5.48. The van der Waals surface area contributed by atoms with Crippen LogP contribution in [0, 0.1) is 17.1 Å². The molecule has 0 saturated carbocycles. The first kappa shape index (κ1) is 25.9. The van der Waals surface area contributed by atoms with Crippen molar-refractivity contribution in [2.24, 2.45) is 7.05 Å². The van der Waals surface area contributed by atoms with Gasteiger partial charge in [-0.25, -0.2) is 14.2 Å². The van der Waals surface area contributed by atoms with Gasteiger partial charge in [0.1, 0.15) is 22.7 Å². The number of carboxylic acid groups (broad SMARTS) is 1. The minimum absolute atomic E-state index is 0.152. The molecule has 13 heteroatoms. The molecule has 1 amide bonds. The summed E-state index contributed by atoms with van der Waals surface area (Å²) in [6.07, 6.45) is 1.05. The minimum atomic E-state index is -1.23. The molecule has 2 aromatic carbocycles. The molecule has 1 saturated heterocycles. The molecular formula is C27H21Cl2FN8O2. The molecule has 3 N–H and O–H groups in total. The third-order valence-corrected chi connectivity index (χ3v) is 8.25. The molecule has 1 aliphatic heterocycles. The van der Waals surface area contributed by atoms with Crippen LogP contribution in [0.4, 0.5) is 15.1 Å². The molecule has 0 radical (unpaired) electrons. The lowest BCUT2D eigenvalue weighted by Crippen LogP contribution is -2.53. The maximum Gasteiger partial charge on any atom is 0.405 e. The Morgan fingerprint density at radius 2 is 1.90 bits per heavy atom. The number of H-pyrrole nitrogens is 1. The first-order chi connectivity index (χ1) is 19.2. The van der Waals surface area contributed by atoms with Crippen molar-refractivity contribution in [3.05, 3.63) is 69.8 Å². The van der Waals surface area contributed by atoms with Crippen molar-refractivity contribution in [1.29, 1.82) is 5.26 Å². The molecule has 6 rings (SSSR count). The molecule has 0 spiro atoms. The number of nitrogens with zero attached hydrogens (tertiary/aromatic N) is 6. The monoisotopic (exact) mass is 578 g/mol. The average molecular weight is 579 g/mol. The Balaban J connectivity index is 1.36. The van der Waals surface area contributed by atoms with Crippen LogP contribution in [-0.4, -0.2) is 49.0 Å². The molecule has 4 heterocycles. The van der Waals surface area contributed by atoms with E-state index in [4.69, 9.17) is 23.2 Å². The summed E-state index contributed by atoms with van der Waals surface area (Å²) in [5.41, 5.74) is 1.73. The van der Waals surface area contributed by atoms with Crippen molar-refractivity contribution in [3.8, 4) is 17.2 Å². The zero-order valence-electron chi connectivity index (χ0n) is 21.0. The standard InChI is InChI=1S/C27H21Cl2FN8O2/c1-37-23(29)21-18(36-37)7-6-14(22(21)28)15-13-32-24-20(15)19(12-31)33-25(34-24)38-10-8-27(9-11-38,35-26(39)40)16-4-2-3-5-17(16)30/h2-7,13,35H,8-11H2,1H3,(H,39,40)(H,32,33,34). The number of nitrogens with one attached hydrogen (secondary N) is 2. The molecule has 10 nitrogen and oxygen atoms in total. The second-order valence-corrected chi connectivity index (χ2v) is 10.4. The van der Waals surface area contributed by atoms with E-state index in [0.717, 1.165) is 0 Å². The highest BCUT2D eigenvalue weighted by atomic mass is 35.5. The molecule has 0 bridgehead atoms. The number of benzene rings is 2. The summed E-state index contributed by atoms with van der Waals surface area (Å²) in [5, 5.41) is 28.4. The lowest BCUT2D eigenvalue weighted by Gasteiger charge is -2.42. The van der Waals surface area contributed by atoms with E-state index in [0.29, 0.717) is 67.8 Å². The highest BCUT2D eigenvalue weighted by molar-refractivity contribution is 6.43. The van der Waals surface area contributed by atoms with Gasteiger partial charge in [-0.2, -0.15) is 15.3 Å². The van der Waals surface area contributed by atoms with Gasteiger partial charge in [0.15, 0.2) is 5.69 Å². The van der Waals surface area contributed by atoms with Crippen molar-refractivity contribution >= 4 is 57.2 Å². The number of aromatic amines is 1. The summed E-state index contributed by atoms with van der Waals surface area (Å²) in [6, 6.07) is 12.0. The predicted molar refractivity (Wildman–Crippen MR) is 149 cm³/mol. The van der Waals surface area contributed by atoms with Gasteiger partial charge >= 0.3 is 6.09 Å². The van der Waals surface area contributed by atoms with E-state index in [2.05, 4.69) is 31.4 Å². The van der Waals surface area contributed by atoms with E-state index in [1.165, 1.54) is 6.07 Å². The van der Waals surface area contributed by atoms with Crippen LogP contribution in [0.2, 0.25) is 10.2 Å². The van der Waals surface area contributed by atoms with Gasteiger partial charge in [0.05, 0.1) is 26.9 Å². The first-order valence-electron chi connectivity index (χ1n) is 12.3. The van der Waals surface area contributed by atoms with Gasteiger partial charge in [-0.1, -0.05) is 47.5 Å². The number of halogens is 3. The Kier molecular flexibility index (Phi) is 6.24. The second-order valence-electron chi connectivity index (χ2n) is 9.62. The summed E-state index contributed by atoms with van der Waals surface area (Å²) in [7, 11) is 1.73. The molecule has 202 valence electrons. The summed E-state index contributed by atoms with van der Waals surface area (Å²) in [5.74, 6) is -0.163. The van der Waals surface area contributed by atoms with Gasteiger partial charge in [-0.15, -0.1) is 0 Å². The Hall–Kier alpha value is -4.40. The Morgan fingerprint density at radius 1 is 1.15 bits per heavy atom. The highest BCUT2D eigenvalue weighted by Gasteiger charge is 2.40. The van der Waals surface area contributed by atoms with Gasteiger partial charge in [-0.3, -0.25) is 4.68 Å². The molecule has 0 atom stereocenters. The van der Waals surface area contributed by atoms with Crippen molar-refractivity contribution < 1.29 is 14.3 Å². The van der Waals surface area contributed by atoms with Crippen LogP contribution in [0.1, 0.15) is 24.1 Å². The molecule has 0 unspecified atom stereocenters. The molecule has 1 fully saturated rings. The van der Waals surface area contributed by atoms with Crippen LogP contribution in [0.5, 0.6) is 0 Å². The van der Waals surface area contributed by atoms with Gasteiger partial charge in [0.25, 0.3) is 0 Å². The normalized spacial score (nSPS) is 14.9. The average Bonchev–Trinajstić information content (AvgIpc) is 3.49. The molecule has 5 aromatic rings. The number of anilines is 1. The number of nitriles is 1. The molecule has 1 aliphatic rings. The first-order valence-corrected chi connectivity index (χ1v) is 13.1. The van der Waals surface area contributed by atoms with Crippen molar-refractivity contribution in [2.45, 2.75) is 18.4 Å². The summed E-state index contributed by atoms with van der Waals surface area (Å²) < 4.78 is 16.3. The zero-order valence-corrected chi connectivity index (χ0v) is 22.6. The van der Waals surface area contributed by atoms with Crippen LogP contribution in [0.15, 0.2) is 42.6 Å². The third kappa shape index (κ3) is 4.08. The quantitative estimate of drug-likeness (QED) is 0.253. The minimum Gasteiger partial charge on any atom is -0.465 e. The summed E-state index contributed by atoms with van der Waals surface area (Å²) in [4.78, 5) is 25.9. The number of aryl methyl sites for hydroxylation is 1. The van der Waals surface area contributed by atoms with E-state index in [1.54, 1.807) is 36.1 Å². The third-order valence-electron chi connectivity index (χ3n) is 7.42. The molecule has 0 aliphatic carbocycles. The van der Waals surface area contributed by atoms with Crippen LogP contribution < -0.4 is 10.2 Å². The largest absolute Gasteiger partial charge is 0.465 e. The second kappa shape index (κ2) is 9.66. The van der Waals surface area contributed by atoms with Crippen LogP contribution >= 0.6 is 23.2 Å². The van der Waals surface area contributed by atoms with Crippen molar-refractivity contribution in [2.75, 3.05) is 18.0 Å². The van der Waals surface area contributed by atoms with Crippen LogP contribution in [-0.2, 0) is 12.6 Å². The lowest BCUT2D eigenvalue weighted by molar-refractivity contribution is 0.166. The SMILES string of the molecule is Cn1nc2ccc(-c3c[nH]c4nc(N5CCC(NC(=O)O)(c6ccccc6F)CC5)nc(C#N)c34)c(Cl)c2c1Cl. The number of hydrogen-bond acceptors (Lipinski definition) is 6. The van der Waals surface area contributed by atoms with E-state index < -0.39 is 17.4 Å². The van der Waals surface area contributed by atoms with Crippen molar-refractivity contribution in [3.63, 3.8) is 0 Å². The van der Waals surface area contributed by atoms with E-state index >= 15 is 0 Å². The Labute approximate surface area is 237 Å². The Bertz CT molecular complexity index is 1850. The number of carbonyl (C=O) groups is 1. The van der Waals surface area contributed by atoms with Crippen LogP contribution in [0.3, 0.4) is 0 Å². The van der Waals surface area contributed by atoms with E-state index in [-0.39, 0.29) is 18.5 Å². The number of fused-ring (bicyclic) bond motifs is 2. The van der Waals surface area contributed by atoms with Crippen molar-refractivity contribution in [1.82, 2.24) is 30.0 Å². The Morgan fingerprint density at radius 3 is 2.60 bits per heavy atom. The lowest BCUT2D eigenvalue weighted by atomic mass is 9.80. The number of hydrogen-bond donors (Lipinski definition) is 3. The number of amides is 1. The smallest absolute Gasteiger partial charge is 0.405 e. The summed E-state index contributed by atoms with van der Waals surface area (Å²) in [6.45, 7) is 0.668. The highest BCUT2D eigenvalue weighted by Crippen LogP contribution is 2.41. The van der Waals surface area contributed by atoms with Gasteiger partial charge in [-0.05, 0) is 25.0 Å². The number of rotatable bonds is 4.